The fourth-order valence-corrected chi connectivity index (χ4v) is 3.83. The van der Waals surface area contributed by atoms with Crippen LogP contribution >= 0.6 is 24.0 Å². The van der Waals surface area contributed by atoms with Gasteiger partial charge in [-0.1, -0.05) is 61.9 Å². The number of amides is 2. The summed E-state index contributed by atoms with van der Waals surface area (Å²) in [6.07, 6.45) is 3.14. The van der Waals surface area contributed by atoms with Crippen LogP contribution in [0.4, 0.5) is 5.69 Å². The number of carbonyl (C=O) groups is 2. The summed E-state index contributed by atoms with van der Waals surface area (Å²) in [6, 6.07) is 7.63. The van der Waals surface area contributed by atoms with Crippen LogP contribution in [-0.2, 0) is 9.59 Å². The summed E-state index contributed by atoms with van der Waals surface area (Å²) in [5.74, 6) is -0.372. The van der Waals surface area contributed by atoms with Gasteiger partial charge in [-0.25, -0.2) is 0 Å². The first kappa shape index (κ1) is 15.2. The van der Waals surface area contributed by atoms with Gasteiger partial charge in [0.1, 0.15) is 4.32 Å². The number of carbonyl (C=O) groups excluding carboxylic acids is 2. The first-order valence-electron chi connectivity index (χ1n) is 7.32. The van der Waals surface area contributed by atoms with Crippen molar-refractivity contribution in [3.63, 3.8) is 0 Å². The molecule has 2 heterocycles. The number of unbranched alkanes of at least 4 members (excludes halogenated alkanes) is 2. The highest BCUT2D eigenvalue weighted by Gasteiger charge is 2.38. The van der Waals surface area contributed by atoms with E-state index in [-0.39, 0.29) is 11.8 Å². The van der Waals surface area contributed by atoms with E-state index in [9.17, 15) is 9.59 Å². The molecule has 0 radical (unpaired) electrons. The smallest absolute Gasteiger partial charge is 0.264 e. The first-order chi connectivity index (χ1) is 10.6. The zero-order chi connectivity index (χ0) is 15.7. The number of nitrogens with zero attached hydrogens (tertiary/aromatic N) is 1. The van der Waals surface area contributed by atoms with E-state index in [1.165, 1.54) is 11.8 Å². The second-order valence-corrected chi connectivity index (χ2v) is 6.92. The van der Waals surface area contributed by atoms with Gasteiger partial charge < -0.3 is 10.2 Å². The number of thiocarbonyl (C=S) groups is 1. The molecule has 0 aliphatic carbocycles. The van der Waals surface area contributed by atoms with Crippen molar-refractivity contribution >= 4 is 51.4 Å². The molecule has 3 rings (SSSR count). The van der Waals surface area contributed by atoms with Crippen molar-refractivity contribution in [2.45, 2.75) is 26.2 Å². The van der Waals surface area contributed by atoms with Gasteiger partial charge in [0.25, 0.3) is 11.8 Å². The van der Waals surface area contributed by atoms with Gasteiger partial charge in [-0.3, -0.25) is 9.59 Å². The number of para-hydroxylation sites is 1. The molecule has 1 aromatic carbocycles. The highest BCUT2D eigenvalue weighted by Crippen LogP contribution is 2.42. The Morgan fingerprint density at radius 3 is 2.68 bits per heavy atom. The second kappa shape index (κ2) is 6.22. The molecule has 2 amide bonds. The molecule has 1 aromatic rings. The van der Waals surface area contributed by atoms with Crippen molar-refractivity contribution in [1.29, 1.82) is 0 Å². The number of fused-ring (bicyclic) bond motifs is 1. The van der Waals surface area contributed by atoms with E-state index in [4.69, 9.17) is 12.2 Å². The van der Waals surface area contributed by atoms with Gasteiger partial charge in [0, 0.05) is 12.1 Å². The van der Waals surface area contributed by atoms with Crippen LogP contribution in [0.25, 0.3) is 5.57 Å². The van der Waals surface area contributed by atoms with E-state index >= 15 is 0 Å². The highest BCUT2D eigenvalue weighted by molar-refractivity contribution is 8.27. The fourth-order valence-electron chi connectivity index (χ4n) is 2.72. The molecule has 114 valence electrons. The van der Waals surface area contributed by atoms with Crippen LogP contribution in [0.1, 0.15) is 31.7 Å². The standard InChI is InChI=1S/C16H16N2O2S2/c1-2-3-6-9-18-11-8-5-4-7-10(11)12(15(18)20)13-14(19)17-16(21)22-13/h4-5,7-8H,2-3,6,9H2,1H3,(H,17,19,21). The Morgan fingerprint density at radius 2 is 2.00 bits per heavy atom. The second-order valence-electron chi connectivity index (χ2n) is 5.23. The molecule has 22 heavy (non-hydrogen) atoms. The summed E-state index contributed by atoms with van der Waals surface area (Å²) >= 11 is 6.20. The van der Waals surface area contributed by atoms with Crippen molar-refractivity contribution in [3.05, 3.63) is 34.7 Å². The molecule has 0 aromatic heterocycles. The maximum atomic E-state index is 12.8. The minimum Gasteiger partial charge on any atom is -0.308 e. The minimum atomic E-state index is -0.274. The van der Waals surface area contributed by atoms with Crippen LogP contribution < -0.4 is 10.2 Å². The van der Waals surface area contributed by atoms with Gasteiger partial charge in [0.2, 0.25) is 0 Å². The molecule has 1 saturated heterocycles. The summed E-state index contributed by atoms with van der Waals surface area (Å²) in [4.78, 5) is 27.1. The number of benzene rings is 1. The normalized spacial score (nSPS) is 20.6. The third-order valence-electron chi connectivity index (χ3n) is 3.75. The average molecular weight is 332 g/mol. The Kier molecular flexibility index (Phi) is 4.31. The summed E-state index contributed by atoms with van der Waals surface area (Å²) in [7, 11) is 0. The molecular weight excluding hydrogens is 316 g/mol. The molecule has 2 aliphatic rings. The zero-order valence-electron chi connectivity index (χ0n) is 12.2. The molecule has 2 aliphatic heterocycles. The van der Waals surface area contributed by atoms with Crippen LogP contribution in [0.5, 0.6) is 0 Å². The SMILES string of the molecule is CCCCCN1C(=O)C(=C2SC(=S)NC2=O)c2ccccc21. The van der Waals surface area contributed by atoms with E-state index in [0.717, 1.165) is 30.5 Å². The first-order valence-corrected chi connectivity index (χ1v) is 8.54. The monoisotopic (exact) mass is 332 g/mol. The van der Waals surface area contributed by atoms with Crippen LogP contribution in [0.3, 0.4) is 0 Å². The zero-order valence-corrected chi connectivity index (χ0v) is 13.9. The Balaban J connectivity index is 2.03. The molecular formula is C16H16N2O2S2. The van der Waals surface area contributed by atoms with Gasteiger partial charge in [0.05, 0.1) is 16.2 Å². The molecule has 6 heteroatoms. The number of anilines is 1. The number of nitrogens with one attached hydrogen (secondary N) is 1. The molecule has 4 nitrogen and oxygen atoms in total. The maximum Gasteiger partial charge on any atom is 0.264 e. The lowest BCUT2D eigenvalue weighted by Gasteiger charge is -2.16. The lowest BCUT2D eigenvalue weighted by Crippen LogP contribution is -2.28. The predicted octanol–water partition coefficient (Wildman–Crippen LogP) is 3.08. The number of rotatable bonds is 4. The Bertz CT molecular complexity index is 697. The summed E-state index contributed by atoms with van der Waals surface area (Å²) < 4.78 is 0.405. The van der Waals surface area contributed by atoms with Crippen molar-refractivity contribution in [1.82, 2.24) is 5.32 Å². The minimum absolute atomic E-state index is 0.0975. The van der Waals surface area contributed by atoms with E-state index < -0.39 is 0 Å². The fraction of sp³-hybridized carbons (Fsp3) is 0.312. The van der Waals surface area contributed by atoms with E-state index in [0.29, 0.717) is 21.3 Å². The van der Waals surface area contributed by atoms with Crippen molar-refractivity contribution in [2.75, 3.05) is 11.4 Å². The third kappa shape index (κ3) is 2.57. The summed E-state index contributed by atoms with van der Waals surface area (Å²) in [6.45, 7) is 2.81. The van der Waals surface area contributed by atoms with Gasteiger partial charge >= 0.3 is 0 Å². The van der Waals surface area contributed by atoms with Crippen LogP contribution in [0.2, 0.25) is 0 Å². The topological polar surface area (TPSA) is 49.4 Å². The number of hydrogen-bond acceptors (Lipinski definition) is 4. The molecule has 0 atom stereocenters. The molecule has 0 bridgehead atoms. The Hall–Kier alpha value is -1.66. The average Bonchev–Trinajstić information content (AvgIpc) is 2.96. The summed E-state index contributed by atoms with van der Waals surface area (Å²) in [5, 5.41) is 2.59. The van der Waals surface area contributed by atoms with Gasteiger partial charge in [-0.15, -0.1) is 0 Å². The number of thioether (sulfide) groups is 1. The summed E-state index contributed by atoms with van der Waals surface area (Å²) in [5.41, 5.74) is 2.19. The van der Waals surface area contributed by atoms with E-state index in [2.05, 4.69) is 12.2 Å². The lowest BCUT2D eigenvalue weighted by atomic mass is 10.1. The highest BCUT2D eigenvalue weighted by atomic mass is 32.2. The van der Waals surface area contributed by atoms with Gasteiger partial charge in [0.15, 0.2) is 0 Å². The Labute approximate surface area is 138 Å². The number of hydrogen-bond donors (Lipinski definition) is 1. The van der Waals surface area contributed by atoms with Crippen molar-refractivity contribution in [2.24, 2.45) is 0 Å². The Morgan fingerprint density at radius 1 is 1.23 bits per heavy atom. The van der Waals surface area contributed by atoms with Crippen LogP contribution in [-0.4, -0.2) is 22.7 Å². The molecule has 1 fully saturated rings. The molecule has 0 saturated carbocycles. The maximum absolute atomic E-state index is 12.8. The predicted molar refractivity (Wildman–Crippen MR) is 93.6 cm³/mol. The molecule has 0 spiro atoms. The van der Waals surface area contributed by atoms with E-state index in [1.807, 2.05) is 24.3 Å². The van der Waals surface area contributed by atoms with Crippen molar-refractivity contribution < 1.29 is 9.59 Å². The van der Waals surface area contributed by atoms with Gasteiger partial charge in [-0.05, 0) is 12.5 Å². The third-order valence-corrected chi connectivity index (χ3v) is 4.99. The van der Waals surface area contributed by atoms with Crippen LogP contribution in [0.15, 0.2) is 29.2 Å². The van der Waals surface area contributed by atoms with E-state index in [1.54, 1.807) is 4.90 Å². The quantitative estimate of drug-likeness (QED) is 0.523. The van der Waals surface area contributed by atoms with Gasteiger partial charge in [-0.2, -0.15) is 0 Å². The molecule has 0 unspecified atom stereocenters. The van der Waals surface area contributed by atoms with Crippen LogP contribution in [0, 0.1) is 0 Å². The largest absolute Gasteiger partial charge is 0.308 e. The lowest BCUT2D eigenvalue weighted by molar-refractivity contribution is -0.116. The molecule has 1 N–H and O–H groups in total. The van der Waals surface area contributed by atoms with Crippen molar-refractivity contribution in [3.8, 4) is 0 Å².